The van der Waals surface area contributed by atoms with Crippen LogP contribution in [-0.4, -0.2) is 11.9 Å². The molecule has 5 nitrogen and oxygen atoms in total. The molecule has 0 unspecified atom stereocenters. The number of hydrogen-bond donors (Lipinski definition) is 1. The molecule has 0 saturated carbocycles. The van der Waals surface area contributed by atoms with E-state index >= 15 is 0 Å². The van der Waals surface area contributed by atoms with Gasteiger partial charge in [-0.2, -0.15) is 0 Å². The zero-order valence-corrected chi connectivity index (χ0v) is 8.44. The zero-order valence-electron chi connectivity index (χ0n) is 8.44. The smallest absolute Gasteiger partial charge is 0.308 e. The number of carbonyl (C=O) groups is 2. The van der Waals surface area contributed by atoms with Gasteiger partial charge in [-0.15, -0.1) is 0 Å². The molecule has 0 heterocycles. The van der Waals surface area contributed by atoms with E-state index in [4.69, 9.17) is 15.2 Å². The average Bonchev–Trinajstić information content (AvgIpc) is 1.98. The van der Waals surface area contributed by atoms with E-state index in [1.54, 1.807) is 0 Å². The molecule has 80 valence electrons. The van der Waals surface area contributed by atoms with Crippen LogP contribution in [0.5, 0.6) is 11.5 Å². The molecular weight excluding hydrogens is 198 g/mol. The Balaban J connectivity index is 2.94. The van der Waals surface area contributed by atoms with Crippen LogP contribution in [0.3, 0.4) is 0 Å². The maximum atomic E-state index is 10.7. The van der Waals surface area contributed by atoms with Crippen LogP contribution in [0.1, 0.15) is 13.8 Å². The van der Waals surface area contributed by atoms with Crippen LogP contribution in [0.15, 0.2) is 18.2 Å². The lowest BCUT2D eigenvalue weighted by molar-refractivity contribution is -0.132. The summed E-state index contributed by atoms with van der Waals surface area (Å²) in [6.07, 6.45) is 0. The number of rotatable bonds is 2. The topological polar surface area (TPSA) is 78.6 Å². The van der Waals surface area contributed by atoms with Crippen molar-refractivity contribution in [2.75, 3.05) is 5.73 Å². The fourth-order valence-electron chi connectivity index (χ4n) is 1.04. The van der Waals surface area contributed by atoms with E-state index in [0.29, 0.717) is 5.69 Å². The Hall–Kier alpha value is -2.04. The van der Waals surface area contributed by atoms with E-state index in [1.807, 2.05) is 0 Å². The highest BCUT2D eigenvalue weighted by Crippen LogP contribution is 2.24. The highest BCUT2D eigenvalue weighted by Gasteiger charge is 2.05. The van der Waals surface area contributed by atoms with Crippen LogP contribution < -0.4 is 15.2 Å². The monoisotopic (exact) mass is 209 g/mol. The third-order valence-electron chi connectivity index (χ3n) is 1.43. The van der Waals surface area contributed by atoms with E-state index in [-0.39, 0.29) is 11.5 Å². The van der Waals surface area contributed by atoms with E-state index in [9.17, 15) is 9.59 Å². The van der Waals surface area contributed by atoms with Crippen molar-refractivity contribution in [1.29, 1.82) is 0 Å². The molecule has 0 fully saturated rings. The summed E-state index contributed by atoms with van der Waals surface area (Å²) in [7, 11) is 0. The van der Waals surface area contributed by atoms with Gasteiger partial charge >= 0.3 is 11.9 Å². The van der Waals surface area contributed by atoms with Crippen molar-refractivity contribution in [2.24, 2.45) is 0 Å². The maximum absolute atomic E-state index is 10.7. The zero-order chi connectivity index (χ0) is 11.4. The molecule has 0 amide bonds. The molecule has 1 rings (SSSR count). The number of anilines is 1. The van der Waals surface area contributed by atoms with Crippen molar-refractivity contribution in [3.63, 3.8) is 0 Å². The molecule has 0 aliphatic carbocycles. The van der Waals surface area contributed by atoms with Gasteiger partial charge in [-0.1, -0.05) is 0 Å². The van der Waals surface area contributed by atoms with Gasteiger partial charge in [-0.05, 0) is 0 Å². The number of carbonyl (C=O) groups excluding carboxylic acids is 2. The highest BCUT2D eigenvalue weighted by atomic mass is 16.5. The van der Waals surface area contributed by atoms with Crippen LogP contribution in [0.2, 0.25) is 0 Å². The lowest BCUT2D eigenvalue weighted by Gasteiger charge is -2.06. The molecule has 1 aromatic rings. The lowest BCUT2D eigenvalue weighted by Crippen LogP contribution is -2.05. The van der Waals surface area contributed by atoms with Gasteiger partial charge in [0.1, 0.15) is 11.5 Å². The number of hydrogen-bond acceptors (Lipinski definition) is 5. The van der Waals surface area contributed by atoms with Gasteiger partial charge in [0.2, 0.25) is 0 Å². The molecule has 0 aromatic heterocycles. The Kier molecular flexibility index (Phi) is 3.28. The first kappa shape index (κ1) is 11.0. The molecular formula is C10H11NO4. The molecule has 15 heavy (non-hydrogen) atoms. The molecule has 0 spiro atoms. The summed E-state index contributed by atoms with van der Waals surface area (Å²) in [4.78, 5) is 21.4. The molecule has 1 aromatic carbocycles. The van der Waals surface area contributed by atoms with E-state index in [1.165, 1.54) is 32.0 Å². The van der Waals surface area contributed by atoms with Crippen molar-refractivity contribution in [3.05, 3.63) is 18.2 Å². The SMILES string of the molecule is CC(=O)Oc1cc(N)cc(OC(C)=O)c1. The first-order valence-corrected chi connectivity index (χ1v) is 4.25. The van der Waals surface area contributed by atoms with Gasteiger partial charge in [-0.25, -0.2) is 0 Å². The summed E-state index contributed by atoms with van der Waals surface area (Å²) in [6.45, 7) is 2.55. The van der Waals surface area contributed by atoms with Crippen molar-refractivity contribution >= 4 is 17.6 Å². The molecule has 5 heteroatoms. The van der Waals surface area contributed by atoms with Crippen molar-refractivity contribution in [3.8, 4) is 11.5 Å². The average molecular weight is 209 g/mol. The number of ether oxygens (including phenoxy) is 2. The molecule has 0 bridgehead atoms. The summed E-state index contributed by atoms with van der Waals surface area (Å²) in [5.41, 5.74) is 5.88. The third kappa shape index (κ3) is 3.68. The van der Waals surface area contributed by atoms with E-state index < -0.39 is 11.9 Å². The Morgan fingerprint density at radius 2 is 1.40 bits per heavy atom. The molecule has 0 aliphatic rings. The van der Waals surface area contributed by atoms with Gasteiger partial charge in [0.05, 0.1) is 0 Å². The first-order chi connectivity index (χ1) is 6.97. The van der Waals surface area contributed by atoms with Crippen LogP contribution >= 0.6 is 0 Å². The summed E-state index contributed by atoms with van der Waals surface area (Å²) in [5, 5.41) is 0. The van der Waals surface area contributed by atoms with Crippen LogP contribution in [0.25, 0.3) is 0 Å². The largest absolute Gasteiger partial charge is 0.427 e. The van der Waals surface area contributed by atoms with Crippen molar-refractivity contribution in [2.45, 2.75) is 13.8 Å². The highest BCUT2D eigenvalue weighted by molar-refractivity contribution is 5.72. The number of benzene rings is 1. The van der Waals surface area contributed by atoms with Crippen LogP contribution in [0.4, 0.5) is 5.69 Å². The standard InChI is InChI=1S/C10H11NO4/c1-6(12)14-9-3-8(11)4-10(5-9)15-7(2)13/h3-5H,11H2,1-2H3. The lowest BCUT2D eigenvalue weighted by atomic mass is 10.3. The van der Waals surface area contributed by atoms with Crippen LogP contribution in [0, 0.1) is 0 Å². The fourth-order valence-corrected chi connectivity index (χ4v) is 1.04. The Bertz CT molecular complexity index is 366. The molecule has 2 N–H and O–H groups in total. The van der Waals surface area contributed by atoms with Gasteiger partial charge in [0, 0.05) is 37.7 Å². The minimum absolute atomic E-state index is 0.249. The second kappa shape index (κ2) is 4.45. The fraction of sp³-hybridized carbons (Fsp3) is 0.200. The van der Waals surface area contributed by atoms with Gasteiger partial charge in [-0.3, -0.25) is 9.59 Å². The van der Waals surface area contributed by atoms with Gasteiger partial charge in [0.15, 0.2) is 0 Å². The second-order valence-corrected chi connectivity index (χ2v) is 2.93. The predicted octanol–water partition coefficient (Wildman–Crippen LogP) is 1.12. The summed E-state index contributed by atoms with van der Waals surface area (Å²) in [6, 6.07) is 4.35. The number of esters is 2. The molecule has 0 atom stereocenters. The van der Waals surface area contributed by atoms with E-state index in [2.05, 4.69) is 0 Å². The Labute approximate surface area is 86.8 Å². The quantitative estimate of drug-likeness (QED) is 0.448. The Morgan fingerprint density at radius 1 is 1.00 bits per heavy atom. The van der Waals surface area contributed by atoms with Gasteiger partial charge in [0.25, 0.3) is 0 Å². The molecule has 0 saturated heterocycles. The molecule has 0 aliphatic heterocycles. The Morgan fingerprint density at radius 3 is 1.73 bits per heavy atom. The first-order valence-electron chi connectivity index (χ1n) is 4.25. The third-order valence-corrected chi connectivity index (χ3v) is 1.43. The summed E-state index contributed by atoms with van der Waals surface area (Å²) in [5.74, 6) is -0.429. The molecule has 0 radical (unpaired) electrons. The van der Waals surface area contributed by atoms with Gasteiger partial charge < -0.3 is 15.2 Å². The van der Waals surface area contributed by atoms with Crippen molar-refractivity contribution < 1.29 is 19.1 Å². The minimum atomic E-state index is -0.464. The van der Waals surface area contributed by atoms with Crippen molar-refractivity contribution in [1.82, 2.24) is 0 Å². The second-order valence-electron chi connectivity index (χ2n) is 2.93. The van der Waals surface area contributed by atoms with E-state index in [0.717, 1.165) is 0 Å². The maximum Gasteiger partial charge on any atom is 0.308 e. The summed E-state index contributed by atoms with van der Waals surface area (Å²) < 4.78 is 9.61. The number of nitrogen functional groups attached to an aromatic ring is 1. The normalized spacial score (nSPS) is 9.47. The summed E-state index contributed by atoms with van der Waals surface area (Å²) >= 11 is 0. The number of nitrogens with two attached hydrogens (primary N) is 1. The minimum Gasteiger partial charge on any atom is -0.427 e. The van der Waals surface area contributed by atoms with Crippen LogP contribution in [-0.2, 0) is 9.59 Å². The predicted molar refractivity (Wildman–Crippen MR) is 53.5 cm³/mol.